The normalized spacial score (nSPS) is 26.9. The van der Waals surface area contributed by atoms with E-state index in [0.717, 1.165) is 35.7 Å². The molecule has 2 aliphatic carbocycles. The highest BCUT2D eigenvalue weighted by Crippen LogP contribution is 2.48. The van der Waals surface area contributed by atoms with Gasteiger partial charge in [0.1, 0.15) is 22.5 Å². The largest absolute Gasteiger partial charge is 0.368 e. The number of rotatable bonds is 8. The van der Waals surface area contributed by atoms with Crippen molar-refractivity contribution in [1.29, 1.82) is 5.26 Å². The van der Waals surface area contributed by atoms with Crippen LogP contribution in [0.3, 0.4) is 0 Å². The van der Waals surface area contributed by atoms with Crippen LogP contribution in [0.25, 0.3) is 0 Å². The number of nitrogens with one attached hydrogen (secondary N) is 2. The Labute approximate surface area is 195 Å². The van der Waals surface area contributed by atoms with Gasteiger partial charge < -0.3 is 16.4 Å². The summed E-state index contributed by atoms with van der Waals surface area (Å²) < 4.78 is 0. The van der Waals surface area contributed by atoms with Gasteiger partial charge in [0, 0.05) is 30.9 Å². The highest BCUT2D eigenvalue weighted by Gasteiger charge is 2.43. The van der Waals surface area contributed by atoms with E-state index in [1.807, 2.05) is 12.3 Å². The lowest BCUT2D eigenvalue weighted by atomic mass is 9.59. The molecule has 4 N–H and O–H groups in total. The number of thioether (sulfide) groups is 1. The molecular formula is C24H33N7S. The number of aromatic nitrogens is 3. The number of nitriles is 1. The van der Waals surface area contributed by atoms with Crippen molar-refractivity contribution >= 4 is 23.5 Å². The third-order valence-corrected chi connectivity index (χ3v) is 7.84. The van der Waals surface area contributed by atoms with Crippen molar-refractivity contribution in [2.45, 2.75) is 63.6 Å². The second-order valence-electron chi connectivity index (χ2n) is 9.42. The Kier molecular flexibility index (Phi) is 7.17. The Bertz CT molecular complexity index is 959. The van der Waals surface area contributed by atoms with E-state index in [1.54, 1.807) is 18.0 Å². The number of hydrogen-bond acceptors (Lipinski definition) is 8. The zero-order chi connectivity index (χ0) is 22.6. The predicted octanol–water partition coefficient (Wildman–Crippen LogP) is 4.42. The summed E-state index contributed by atoms with van der Waals surface area (Å²) in [6.07, 6.45) is 9.46. The minimum absolute atomic E-state index is 0.166. The molecule has 2 aromatic rings. The second-order valence-corrected chi connectivity index (χ2v) is 10.7. The number of pyridine rings is 1. The summed E-state index contributed by atoms with van der Waals surface area (Å²) in [4.78, 5) is 13.4. The van der Waals surface area contributed by atoms with E-state index >= 15 is 0 Å². The van der Waals surface area contributed by atoms with E-state index in [0.29, 0.717) is 41.8 Å². The van der Waals surface area contributed by atoms with Crippen LogP contribution in [0.2, 0.25) is 0 Å². The first-order chi connectivity index (χ1) is 15.5. The van der Waals surface area contributed by atoms with Crippen LogP contribution in [0, 0.1) is 28.6 Å². The summed E-state index contributed by atoms with van der Waals surface area (Å²) in [7, 11) is 0. The van der Waals surface area contributed by atoms with Gasteiger partial charge in [0.05, 0.1) is 6.20 Å². The molecule has 2 aromatic heterocycles. The fourth-order valence-corrected chi connectivity index (χ4v) is 6.10. The lowest BCUT2D eigenvalue weighted by Gasteiger charge is -2.49. The molecule has 0 saturated heterocycles. The minimum atomic E-state index is 0.166. The van der Waals surface area contributed by atoms with Crippen LogP contribution >= 0.6 is 11.8 Å². The Morgan fingerprint density at radius 2 is 2.03 bits per heavy atom. The Morgan fingerprint density at radius 3 is 2.75 bits per heavy atom. The van der Waals surface area contributed by atoms with Crippen LogP contribution in [0.5, 0.6) is 0 Å². The molecule has 32 heavy (non-hydrogen) atoms. The molecule has 2 fully saturated rings. The van der Waals surface area contributed by atoms with Gasteiger partial charge >= 0.3 is 0 Å². The van der Waals surface area contributed by atoms with Crippen molar-refractivity contribution in [2.75, 3.05) is 22.9 Å². The summed E-state index contributed by atoms with van der Waals surface area (Å²) in [6, 6.07) is 6.57. The zero-order valence-corrected chi connectivity index (χ0v) is 19.8. The van der Waals surface area contributed by atoms with Crippen molar-refractivity contribution in [1.82, 2.24) is 15.0 Å². The van der Waals surface area contributed by atoms with E-state index in [4.69, 9.17) is 5.73 Å². The summed E-state index contributed by atoms with van der Waals surface area (Å²) in [6.45, 7) is 5.84. The van der Waals surface area contributed by atoms with Gasteiger partial charge in [-0.25, -0.2) is 9.97 Å². The van der Waals surface area contributed by atoms with Crippen molar-refractivity contribution in [3.63, 3.8) is 0 Å². The molecule has 4 rings (SSSR count). The van der Waals surface area contributed by atoms with E-state index in [1.165, 1.54) is 19.3 Å². The molecule has 8 heteroatoms. The van der Waals surface area contributed by atoms with Crippen molar-refractivity contribution in [3.05, 3.63) is 35.7 Å². The number of anilines is 2. The van der Waals surface area contributed by atoms with Crippen molar-refractivity contribution in [3.8, 4) is 6.07 Å². The van der Waals surface area contributed by atoms with Gasteiger partial charge in [-0.15, -0.1) is 11.8 Å². The molecule has 2 bridgehead atoms. The molecule has 0 spiro atoms. The Balaban J connectivity index is 1.43. The van der Waals surface area contributed by atoms with Gasteiger partial charge in [-0.1, -0.05) is 26.3 Å². The van der Waals surface area contributed by atoms with Gasteiger partial charge in [-0.05, 0) is 54.8 Å². The van der Waals surface area contributed by atoms with Gasteiger partial charge in [-0.3, -0.25) is 0 Å². The Morgan fingerprint density at radius 1 is 1.25 bits per heavy atom. The molecule has 0 aliphatic heterocycles. The zero-order valence-electron chi connectivity index (χ0n) is 19.0. The molecular weight excluding hydrogens is 418 g/mol. The quantitative estimate of drug-likeness (QED) is 0.506. The Hall–Kier alpha value is -2.37. The monoisotopic (exact) mass is 451 g/mol. The summed E-state index contributed by atoms with van der Waals surface area (Å²) >= 11 is 1.72. The van der Waals surface area contributed by atoms with E-state index in [-0.39, 0.29) is 5.41 Å². The molecule has 0 radical (unpaired) electrons. The van der Waals surface area contributed by atoms with Gasteiger partial charge in [0.2, 0.25) is 5.95 Å². The molecule has 4 atom stereocenters. The summed E-state index contributed by atoms with van der Waals surface area (Å²) in [5, 5.41) is 17.4. The van der Waals surface area contributed by atoms with Crippen LogP contribution in [-0.2, 0) is 6.54 Å². The second kappa shape index (κ2) is 10.1. The van der Waals surface area contributed by atoms with E-state index < -0.39 is 0 Å². The lowest BCUT2D eigenvalue weighted by Crippen LogP contribution is -2.50. The number of nitrogens with zero attached hydrogens (tertiary/aromatic N) is 4. The average molecular weight is 452 g/mol. The minimum Gasteiger partial charge on any atom is -0.368 e. The third-order valence-electron chi connectivity index (χ3n) is 6.91. The van der Waals surface area contributed by atoms with E-state index in [9.17, 15) is 5.26 Å². The van der Waals surface area contributed by atoms with Crippen LogP contribution in [0.15, 0.2) is 29.6 Å². The highest BCUT2D eigenvalue weighted by atomic mass is 32.2. The van der Waals surface area contributed by atoms with Gasteiger partial charge in [0.15, 0.2) is 0 Å². The maximum absolute atomic E-state index is 9.56. The molecule has 0 amide bonds. The van der Waals surface area contributed by atoms with Crippen molar-refractivity contribution in [2.24, 2.45) is 23.0 Å². The molecule has 2 heterocycles. The van der Waals surface area contributed by atoms with Crippen LogP contribution in [0.1, 0.15) is 57.1 Å². The maximum Gasteiger partial charge on any atom is 0.224 e. The summed E-state index contributed by atoms with van der Waals surface area (Å²) in [5.41, 5.74) is 8.23. The molecule has 2 saturated carbocycles. The first-order valence-corrected chi connectivity index (χ1v) is 12.6. The van der Waals surface area contributed by atoms with Crippen LogP contribution in [-0.4, -0.2) is 33.3 Å². The summed E-state index contributed by atoms with van der Waals surface area (Å²) in [5.74, 6) is 3.30. The fourth-order valence-electron chi connectivity index (χ4n) is 5.36. The predicted molar refractivity (Wildman–Crippen MR) is 129 cm³/mol. The highest BCUT2D eigenvalue weighted by molar-refractivity contribution is 7.99. The molecule has 170 valence electrons. The number of hydrogen-bond donors (Lipinski definition) is 3. The SMILES string of the molecule is CCSc1ncccc1CNc1ncc(C#N)c(NCC2(C)C[C@H]3CCC[C@@H](C2)C3N)n1. The van der Waals surface area contributed by atoms with Crippen LogP contribution in [0.4, 0.5) is 11.8 Å². The third kappa shape index (κ3) is 5.16. The average Bonchev–Trinajstić information content (AvgIpc) is 2.79. The molecule has 2 aliphatic rings. The fraction of sp³-hybridized carbons (Fsp3) is 0.583. The van der Waals surface area contributed by atoms with Gasteiger partial charge in [0.25, 0.3) is 0 Å². The smallest absolute Gasteiger partial charge is 0.224 e. The van der Waals surface area contributed by atoms with Gasteiger partial charge in [-0.2, -0.15) is 10.2 Å². The first-order valence-electron chi connectivity index (χ1n) is 11.6. The topological polar surface area (TPSA) is 113 Å². The lowest BCUT2D eigenvalue weighted by molar-refractivity contribution is 0.0549. The van der Waals surface area contributed by atoms with Crippen molar-refractivity contribution < 1.29 is 0 Å². The first kappa shape index (κ1) is 22.8. The molecule has 2 unspecified atom stereocenters. The number of fused-ring (bicyclic) bond motifs is 2. The van der Waals surface area contributed by atoms with Crippen LogP contribution < -0.4 is 16.4 Å². The number of nitrogens with two attached hydrogens (primary N) is 1. The van der Waals surface area contributed by atoms with E-state index in [2.05, 4.69) is 51.6 Å². The molecule has 0 aromatic carbocycles. The maximum atomic E-state index is 9.56. The molecule has 7 nitrogen and oxygen atoms in total. The standard InChI is InChI=1S/C24H33N7S/c1-3-32-22-18(8-5-9-27-22)13-28-23-29-14-19(12-25)21(31-23)30-15-24(2)10-16-6-4-7-17(11-24)20(16)26/h5,8-9,14,16-17,20H,3-4,6-7,10-11,13,15,26H2,1-2H3,(H2,28,29,30,31)/t16-,17+,20?,24?.